The maximum atomic E-state index is 5.36. The Morgan fingerprint density at radius 2 is 1.27 bits per heavy atom. The number of hydrogen-bond donors (Lipinski definition) is 0. The molecule has 0 unspecified atom stereocenters. The van der Waals surface area contributed by atoms with E-state index in [0.717, 1.165) is 13.2 Å². The third-order valence-electron chi connectivity index (χ3n) is 1.07. The molecule has 2 nitrogen and oxygen atoms in total. The van der Waals surface area contributed by atoms with E-state index in [0.29, 0.717) is 11.8 Å². The van der Waals surface area contributed by atoms with Crippen LogP contribution < -0.4 is 0 Å². The van der Waals surface area contributed by atoms with Crippen molar-refractivity contribution in [1.29, 1.82) is 0 Å². The molecule has 0 amide bonds. The van der Waals surface area contributed by atoms with Crippen molar-refractivity contribution in [2.45, 2.75) is 27.7 Å². The second-order valence-corrected chi connectivity index (χ2v) is 4.70. The zero-order valence-corrected chi connectivity index (χ0v) is 9.51. The molecule has 0 atom stereocenters. The highest BCUT2D eigenvalue weighted by Crippen LogP contribution is 1.93. The fourth-order valence-corrected chi connectivity index (χ4v) is 1.88. The Hall–Kier alpha value is 0.137. The first kappa shape index (κ1) is 11.1. The third kappa shape index (κ3) is 10.1. The van der Waals surface area contributed by atoms with Crippen molar-refractivity contribution in [3.8, 4) is 0 Å². The number of rotatable bonds is 6. The van der Waals surface area contributed by atoms with Gasteiger partial charge in [0.05, 0.1) is 0 Å². The quantitative estimate of drug-likeness (QED) is 0.449. The third-order valence-corrected chi connectivity index (χ3v) is 1.87. The molecule has 0 aliphatic carbocycles. The average Bonchev–Trinajstić information content (AvgIpc) is 1.85. The molecule has 0 radical (unpaired) electrons. The fraction of sp³-hybridized carbons (Fsp3) is 1.00. The van der Waals surface area contributed by atoms with Gasteiger partial charge in [-0.25, -0.2) is 0 Å². The molecule has 0 rings (SSSR count). The summed E-state index contributed by atoms with van der Waals surface area (Å²) in [6, 6.07) is 0. The summed E-state index contributed by atoms with van der Waals surface area (Å²) in [6.07, 6.45) is 0. The van der Waals surface area contributed by atoms with Crippen molar-refractivity contribution in [2.24, 2.45) is 11.8 Å². The highest BCUT2D eigenvalue weighted by Gasteiger charge is 1.95. The SMILES string of the molecule is CC(C)CO[SiH2]OCC(C)C. The van der Waals surface area contributed by atoms with Crippen LogP contribution in [0.25, 0.3) is 0 Å². The molecule has 0 aromatic heterocycles. The predicted molar refractivity (Wildman–Crippen MR) is 50.1 cm³/mol. The molecule has 0 saturated carbocycles. The van der Waals surface area contributed by atoms with Gasteiger partial charge in [0.1, 0.15) is 0 Å². The minimum absolute atomic E-state index is 0.630. The Labute approximate surface area is 72.3 Å². The predicted octanol–water partition coefficient (Wildman–Crippen LogP) is 1.33. The minimum atomic E-state index is -0.674. The Kier molecular flexibility index (Phi) is 6.91. The molecule has 0 aliphatic rings. The van der Waals surface area contributed by atoms with Gasteiger partial charge >= 0.3 is 10.0 Å². The van der Waals surface area contributed by atoms with Gasteiger partial charge in [0, 0.05) is 13.2 Å². The van der Waals surface area contributed by atoms with Crippen molar-refractivity contribution in [3.63, 3.8) is 0 Å². The Bertz CT molecular complexity index is 74.2. The van der Waals surface area contributed by atoms with Crippen LogP contribution in [0.3, 0.4) is 0 Å². The van der Waals surface area contributed by atoms with E-state index < -0.39 is 10.0 Å². The molecule has 3 heteroatoms. The summed E-state index contributed by atoms with van der Waals surface area (Å²) in [5.41, 5.74) is 0. The number of hydrogen-bond acceptors (Lipinski definition) is 2. The van der Waals surface area contributed by atoms with E-state index in [1.54, 1.807) is 0 Å². The fourth-order valence-electron chi connectivity index (χ4n) is 0.627. The van der Waals surface area contributed by atoms with Crippen molar-refractivity contribution < 1.29 is 8.85 Å². The van der Waals surface area contributed by atoms with Gasteiger partial charge in [0.2, 0.25) is 0 Å². The highest BCUT2D eigenvalue weighted by atomic mass is 28.3. The molecule has 0 fully saturated rings. The topological polar surface area (TPSA) is 18.5 Å². The molecule has 0 aromatic rings. The van der Waals surface area contributed by atoms with Gasteiger partial charge in [-0.05, 0) is 11.8 Å². The van der Waals surface area contributed by atoms with E-state index in [4.69, 9.17) is 8.85 Å². The first-order valence-electron chi connectivity index (χ1n) is 4.28. The van der Waals surface area contributed by atoms with Crippen LogP contribution in [0.5, 0.6) is 0 Å². The smallest absolute Gasteiger partial charge is 0.304 e. The first-order chi connectivity index (χ1) is 5.13. The molecule has 0 spiro atoms. The summed E-state index contributed by atoms with van der Waals surface area (Å²) >= 11 is 0. The van der Waals surface area contributed by atoms with Crippen molar-refractivity contribution in [1.82, 2.24) is 0 Å². The average molecular weight is 176 g/mol. The zero-order valence-electron chi connectivity index (χ0n) is 8.09. The summed E-state index contributed by atoms with van der Waals surface area (Å²) in [5, 5.41) is 0. The molecule has 0 aromatic carbocycles. The van der Waals surface area contributed by atoms with Crippen LogP contribution in [0, 0.1) is 11.8 Å². The van der Waals surface area contributed by atoms with Gasteiger partial charge in [-0.3, -0.25) is 0 Å². The van der Waals surface area contributed by atoms with Crippen LogP contribution in [-0.4, -0.2) is 23.2 Å². The minimum Gasteiger partial charge on any atom is -0.399 e. The Morgan fingerprint density at radius 3 is 1.55 bits per heavy atom. The van der Waals surface area contributed by atoms with Crippen molar-refractivity contribution in [2.75, 3.05) is 13.2 Å². The van der Waals surface area contributed by atoms with Gasteiger partial charge in [-0.2, -0.15) is 0 Å². The largest absolute Gasteiger partial charge is 0.399 e. The molecular weight excluding hydrogens is 156 g/mol. The van der Waals surface area contributed by atoms with Crippen LogP contribution in [0.4, 0.5) is 0 Å². The summed E-state index contributed by atoms with van der Waals surface area (Å²) in [4.78, 5) is 0. The van der Waals surface area contributed by atoms with Gasteiger partial charge < -0.3 is 8.85 Å². The van der Waals surface area contributed by atoms with Crippen LogP contribution >= 0.6 is 0 Å². The normalized spacial score (nSPS) is 11.5. The molecule has 0 heterocycles. The summed E-state index contributed by atoms with van der Waals surface area (Å²) < 4.78 is 10.7. The molecule has 0 bridgehead atoms. The maximum Gasteiger partial charge on any atom is 0.304 e. The van der Waals surface area contributed by atoms with E-state index in [1.165, 1.54) is 0 Å². The first-order valence-corrected chi connectivity index (χ1v) is 5.44. The summed E-state index contributed by atoms with van der Waals surface area (Å²) in [5.74, 6) is 1.26. The van der Waals surface area contributed by atoms with Crippen LogP contribution in [0.15, 0.2) is 0 Å². The Balaban J connectivity index is 2.91. The lowest BCUT2D eigenvalue weighted by Crippen LogP contribution is -2.12. The van der Waals surface area contributed by atoms with Gasteiger partial charge in [0.25, 0.3) is 0 Å². The van der Waals surface area contributed by atoms with Gasteiger partial charge in [-0.1, -0.05) is 27.7 Å². The zero-order chi connectivity index (χ0) is 8.69. The lowest BCUT2D eigenvalue weighted by Gasteiger charge is -2.08. The van der Waals surface area contributed by atoms with E-state index >= 15 is 0 Å². The van der Waals surface area contributed by atoms with E-state index in [1.807, 2.05) is 0 Å². The van der Waals surface area contributed by atoms with E-state index in [2.05, 4.69) is 27.7 Å². The second kappa shape index (κ2) is 6.82. The molecule has 68 valence electrons. The second-order valence-electron chi connectivity index (χ2n) is 3.65. The summed E-state index contributed by atoms with van der Waals surface area (Å²) in [6.45, 7) is 10.3. The molecular formula is C8H20O2Si. The molecule has 0 aliphatic heterocycles. The van der Waals surface area contributed by atoms with Gasteiger partial charge in [0.15, 0.2) is 0 Å². The van der Waals surface area contributed by atoms with Crippen LogP contribution in [0.1, 0.15) is 27.7 Å². The van der Waals surface area contributed by atoms with E-state index in [9.17, 15) is 0 Å². The molecule has 0 N–H and O–H groups in total. The maximum absolute atomic E-state index is 5.36. The highest BCUT2D eigenvalue weighted by molar-refractivity contribution is 6.17. The monoisotopic (exact) mass is 176 g/mol. The standard InChI is InChI=1S/C8H20O2Si/c1-7(2)5-9-11-10-6-8(3)4/h7-8H,5-6,11H2,1-4H3. The van der Waals surface area contributed by atoms with Crippen LogP contribution in [-0.2, 0) is 8.85 Å². The Morgan fingerprint density at radius 1 is 0.909 bits per heavy atom. The van der Waals surface area contributed by atoms with E-state index in [-0.39, 0.29) is 0 Å². The van der Waals surface area contributed by atoms with Crippen molar-refractivity contribution >= 4 is 10.0 Å². The molecule has 11 heavy (non-hydrogen) atoms. The van der Waals surface area contributed by atoms with Crippen molar-refractivity contribution in [3.05, 3.63) is 0 Å². The molecule has 0 saturated heterocycles. The lowest BCUT2D eigenvalue weighted by atomic mass is 10.2. The summed E-state index contributed by atoms with van der Waals surface area (Å²) in [7, 11) is -0.674. The lowest BCUT2D eigenvalue weighted by molar-refractivity contribution is 0.185. The van der Waals surface area contributed by atoms with Gasteiger partial charge in [-0.15, -0.1) is 0 Å². The van der Waals surface area contributed by atoms with Crippen LogP contribution in [0.2, 0.25) is 0 Å².